The Labute approximate surface area is 110 Å². The maximum Gasteiger partial charge on any atom is 0.310 e. The van der Waals surface area contributed by atoms with E-state index in [1.54, 1.807) is 6.92 Å². The summed E-state index contributed by atoms with van der Waals surface area (Å²) in [5.74, 6) is -2.57. The van der Waals surface area contributed by atoms with Crippen molar-refractivity contribution in [3.05, 3.63) is 17.5 Å². The monoisotopic (exact) mass is 264 g/mol. The molecule has 3 rings (SSSR count). The molecule has 4 atom stereocenters. The van der Waals surface area contributed by atoms with Gasteiger partial charge in [-0.15, -0.1) is 0 Å². The lowest BCUT2D eigenvalue weighted by atomic mass is 9.79. The Morgan fingerprint density at radius 1 is 1.32 bits per heavy atom. The average molecular weight is 264 g/mol. The molecule has 19 heavy (non-hydrogen) atoms. The summed E-state index contributed by atoms with van der Waals surface area (Å²) in [4.78, 5) is 23.9. The molecule has 102 valence electrons. The molecule has 0 aromatic carbocycles. The summed E-state index contributed by atoms with van der Waals surface area (Å²) in [6.45, 7) is 3.60. The minimum atomic E-state index is -0.952. The van der Waals surface area contributed by atoms with E-state index in [4.69, 9.17) is 4.74 Å². The Balaban J connectivity index is 1.94. The first-order valence-electron chi connectivity index (χ1n) is 6.45. The van der Waals surface area contributed by atoms with Crippen molar-refractivity contribution in [2.24, 2.45) is 11.8 Å². The highest BCUT2D eigenvalue weighted by atomic mass is 16.5. The topological polar surface area (TPSA) is 81.4 Å². The first-order chi connectivity index (χ1) is 8.99. The molecule has 2 bridgehead atoms. The van der Waals surface area contributed by atoms with E-state index >= 15 is 0 Å². The third kappa shape index (κ3) is 1.78. The molecule has 2 fully saturated rings. The van der Waals surface area contributed by atoms with Gasteiger partial charge < -0.3 is 9.84 Å². The standard InChI is InChI=1S/C13H16N2O4/c1-6-5-7(2)15(14-6)12(16)10-8-3-4-9(19-8)11(10)13(17)18/h5,8-11H,3-4H2,1-2H3,(H,17,18)/t8-,9+,10-,11+/m1/s1. The van der Waals surface area contributed by atoms with Crippen LogP contribution in [0.2, 0.25) is 0 Å². The van der Waals surface area contributed by atoms with Crippen molar-refractivity contribution in [1.29, 1.82) is 0 Å². The summed E-state index contributed by atoms with van der Waals surface area (Å²) in [6, 6.07) is 1.81. The zero-order valence-electron chi connectivity index (χ0n) is 10.9. The molecule has 1 aromatic heterocycles. The molecule has 3 heterocycles. The lowest BCUT2D eigenvalue weighted by Crippen LogP contribution is -2.41. The summed E-state index contributed by atoms with van der Waals surface area (Å²) in [5, 5.41) is 13.5. The SMILES string of the molecule is Cc1cc(C)n(C(=O)[C@H]2[C@@H](C(=O)O)[C@@H]3CC[C@H]2O3)n1. The van der Waals surface area contributed by atoms with Crippen LogP contribution in [0.1, 0.15) is 29.0 Å². The van der Waals surface area contributed by atoms with E-state index in [9.17, 15) is 14.7 Å². The van der Waals surface area contributed by atoms with Crippen molar-refractivity contribution in [1.82, 2.24) is 9.78 Å². The van der Waals surface area contributed by atoms with Crippen LogP contribution in [0.25, 0.3) is 0 Å². The maximum atomic E-state index is 12.5. The van der Waals surface area contributed by atoms with Crippen molar-refractivity contribution in [2.75, 3.05) is 0 Å². The Morgan fingerprint density at radius 3 is 2.47 bits per heavy atom. The second-order valence-corrected chi connectivity index (χ2v) is 5.36. The third-order valence-electron chi connectivity index (χ3n) is 4.06. The molecule has 0 spiro atoms. The molecule has 0 saturated carbocycles. The summed E-state index contributed by atoms with van der Waals surface area (Å²) in [5.41, 5.74) is 1.48. The first-order valence-corrected chi connectivity index (χ1v) is 6.45. The van der Waals surface area contributed by atoms with Gasteiger partial charge in [0.2, 0.25) is 0 Å². The number of nitrogens with zero attached hydrogens (tertiary/aromatic N) is 2. The Hall–Kier alpha value is -1.69. The Kier molecular flexibility index (Phi) is 2.70. The highest BCUT2D eigenvalue weighted by Crippen LogP contribution is 2.44. The fourth-order valence-corrected chi connectivity index (χ4v) is 3.30. The second kappa shape index (κ2) is 4.16. The largest absolute Gasteiger partial charge is 0.481 e. The smallest absolute Gasteiger partial charge is 0.310 e. The summed E-state index contributed by atoms with van der Waals surface area (Å²) >= 11 is 0. The lowest BCUT2D eigenvalue weighted by molar-refractivity contribution is -0.144. The molecule has 0 unspecified atom stereocenters. The number of ether oxygens (including phenoxy) is 1. The molecule has 0 aliphatic carbocycles. The van der Waals surface area contributed by atoms with E-state index in [-0.39, 0.29) is 18.1 Å². The number of carbonyl (C=O) groups is 2. The molecule has 6 nitrogen and oxygen atoms in total. The maximum absolute atomic E-state index is 12.5. The summed E-state index contributed by atoms with van der Waals surface area (Å²) < 4.78 is 6.92. The van der Waals surface area contributed by atoms with Gasteiger partial charge in [0.25, 0.3) is 5.91 Å². The number of fused-ring (bicyclic) bond motifs is 2. The molecular weight excluding hydrogens is 248 g/mol. The lowest BCUT2D eigenvalue weighted by Gasteiger charge is -2.23. The normalized spacial score (nSPS) is 32.7. The molecule has 2 aliphatic rings. The van der Waals surface area contributed by atoms with E-state index in [1.807, 2.05) is 13.0 Å². The number of rotatable bonds is 2. The molecule has 0 amide bonds. The number of aliphatic carboxylic acids is 1. The van der Waals surface area contributed by atoms with Gasteiger partial charge in [0, 0.05) is 5.69 Å². The molecule has 2 aliphatic heterocycles. The van der Waals surface area contributed by atoms with Gasteiger partial charge in [-0.25, -0.2) is 4.68 Å². The van der Waals surface area contributed by atoms with Crippen molar-refractivity contribution in [3.63, 3.8) is 0 Å². The Morgan fingerprint density at radius 2 is 1.95 bits per heavy atom. The van der Waals surface area contributed by atoms with E-state index < -0.39 is 17.8 Å². The highest BCUT2D eigenvalue weighted by Gasteiger charge is 2.56. The van der Waals surface area contributed by atoms with Crippen LogP contribution in [0, 0.1) is 25.7 Å². The second-order valence-electron chi connectivity index (χ2n) is 5.36. The van der Waals surface area contributed by atoms with Gasteiger partial charge in [0.1, 0.15) is 0 Å². The number of aromatic nitrogens is 2. The zero-order valence-corrected chi connectivity index (χ0v) is 10.9. The van der Waals surface area contributed by atoms with Crippen molar-refractivity contribution >= 4 is 11.9 Å². The van der Waals surface area contributed by atoms with Crippen LogP contribution < -0.4 is 0 Å². The van der Waals surface area contributed by atoms with Crippen LogP contribution in [-0.2, 0) is 9.53 Å². The quantitative estimate of drug-likeness (QED) is 0.862. The van der Waals surface area contributed by atoms with E-state index in [1.165, 1.54) is 4.68 Å². The van der Waals surface area contributed by atoms with E-state index in [0.29, 0.717) is 0 Å². The van der Waals surface area contributed by atoms with Crippen LogP contribution >= 0.6 is 0 Å². The van der Waals surface area contributed by atoms with E-state index in [2.05, 4.69) is 5.10 Å². The van der Waals surface area contributed by atoms with Crippen molar-refractivity contribution in [3.8, 4) is 0 Å². The van der Waals surface area contributed by atoms with Crippen molar-refractivity contribution < 1.29 is 19.4 Å². The zero-order chi connectivity index (χ0) is 13.7. The van der Waals surface area contributed by atoms with Gasteiger partial charge >= 0.3 is 5.97 Å². The average Bonchev–Trinajstić information content (AvgIpc) is 3.01. The van der Waals surface area contributed by atoms with Gasteiger partial charge in [-0.3, -0.25) is 9.59 Å². The van der Waals surface area contributed by atoms with Gasteiger partial charge in [-0.05, 0) is 32.8 Å². The predicted octanol–water partition coefficient (Wildman–Crippen LogP) is 1.02. The predicted molar refractivity (Wildman–Crippen MR) is 64.8 cm³/mol. The number of hydrogen-bond acceptors (Lipinski definition) is 4. The third-order valence-corrected chi connectivity index (χ3v) is 4.06. The molecule has 2 saturated heterocycles. The minimum Gasteiger partial charge on any atom is -0.481 e. The molecule has 6 heteroatoms. The van der Waals surface area contributed by atoms with Crippen LogP contribution in [0.5, 0.6) is 0 Å². The summed E-state index contributed by atoms with van der Waals surface area (Å²) in [7, 11) is 0. The Bertz CT molecular complexity index is 551. The highest BCUT2D eigenvalue weighted by molar-refractivity contribution is 5.88. The van der Waals surface area contributed by atoms with Gasteiger partial charge in [-0.1, -0.05) is 0 Å². The van der Waals surface area contributed by atoms with E-state index in [0.717, 1.165) is 24.2 Å². The van der Waals surface area contributed by atoms with Crippen LogP contribution in [0.15, 0.2) is 6.07 Å². The fourth-order valence-electron chi connectivity index (χ4n) is 3.30. The minimum absolute atomic E-state index is 0.259. The number of carboxylic acids is 1. The summed E-state index contributed by atoms with van der Waals surface area (Å²) in [6.07, 6.45) is 0.878. The molecule has 0 radical (unpaired) electrons. The van der Waals surface area contributed by atoms with Crippen LogP contribution in [0.3, 0.4) is 0 Å². The molecular formula is C13H16N2O4. The fraction of sp³-hybridized carbons (Fsp3) is 0.615. The number of carbonyl (C=O) groups excluding carboxylic acids is 1. The van der Waals surface area contributed by atoms with Gasteiger partial charge in [0.15, 0.2) is 0 Å². The molecule has 1 N–H and O–H groups in total. The van der Waals surface area contributed by atoms with Gasteiger partial charge in [-0.2, -0.15) is 5.10 Å². The number of carboxylic acid groups (broad SMARTS) is 1. The first kappa shape index (κ1) is 12.3. The van der Waals surface area contributed by atoms with Crippen LogP contribution in [-0.4, -0.2) is 39.0 Å². The number of aryl methyl sites for hydroxylation is 2. The van der Waals surface area contributed by atoms with Gasteiger partial charge in [0.05, 0.1) is 29.7 Å². The molecule has 1 aromatic rings. The number of hydrogen-bond donors (Lipinski definition) is 1. The van der Waals surface area contributed by atoms with Crippen molar-refractivity contribution in [2.45, 2.75) is 38.9 Å². The van der Waals surface area contributed by atoms with Crippen LogP contribution in [0.4, 0.5) is 0 Å².